The van der Waals surface area contributed by atoms with Crippen LogP contribution in [0.25, 0.3) is 0 Å². The second-order valence-electron chi connectivity index (χ2n) is 6.07. The molecule has 0 fully saturated rings. The molecule has 0 unspecified atom stereocenters. The van der Waals surface area contributed by atoms with Crippen molar-refractivity contribution in [3.63, 3.8) is 0 Å². The molecule has 3 heteroatoms. The van der Waals surface area contributed by atoms with E-state index in [0.29, 0.717) is 0 Å². The highest BCUT2D eigenvalue weighted by molar-refractivity contribution is 5.66. The van der Waals surface area contributed by atoms with Crippen LogP contribution in [0, 0.1) is 0 Å². The molecule has 0 heterocycles. The van der Waals surface area contributed by atoms with E-state index < -0.39 is 5.97 Å². The van der Waals surface area contributed by atoms with E-state index in [4.69, 9.17) is 5.11 Å². The Morgan fingerprint density at radius 3 is 2.21 bits per heavy atom. The first-order chi connectivity index (χ1) is 8.80. The van der Waals surface area contributed by atoms with Crippen molar-refractivity contribution in [1.82, 2.24) is 0 Å². The number of benzene rings is 1. The third kappa shape index (κ3) is 5.33. The van der Waals surface area contributed by atoms with E-state index in [1.165, 1.54) is 11.3 Å². The minimum Gasteiger partial charge on any atom is -0.481 e. The molecule has 0 spiro atoms. The van der Waals surface area contributed by atoms with E-state index in [-0.39, 0.29) is 11.8 Å². The van der Waals surface area contributed by atoms with Crippen LogP contribution in [0.2, 0.25) is 0 Å². The highest BCUT2D eigenvalue weighted by atomic mass is 16.4. The number of carbonyl (C=O) groups is 1. The predicted molar refractivity (Wildman–Crippen MR) is 79.9 cm³/mol. The Morgan fingerprint density at radius 1 is 1.16 bits per heavy atom. The van der Waals surface area contributed by atoms with Gasteiger partial charge in [-0.15, -0.1) is 0 Å². The third-order valence-electron chi connectivity index (χ3n) is 3.31. The summed E-state index contributed by atoms with van der Waals surface area (Å²) in [5.41, 5.74) is 2.69. The summed E-state index contributed by atoms with van der Waals surface area (Å²) >= 11 is 0. The molecule has 0 bridgehead atoms. The molecule has 0 aliphatic rings. The fraction of sp³-hybridized carbons (Fsp3) is 0.562. The lowest BCUT2D eigenvalue weighted by atomic mass is 9.87. The zero-order chi connectivity index (χ0) is 14.5. The first-order valence-corrected chi connectivity index (χ1v) is 6.84. The Kier molecular flexibility index (Phi) is 5.40. The van der Waals surface area contributed by atoms with Crippen LogP contribution in [0.4, 0.5) is 5.69 Å². The molecule has 19 heavy (non-hydrogen) atoms. The van der Waals surface area contributed by atoms with Gasteiger partial charge in [0.05, 0.1) is 0 Å². The van der Waals surface area contributed by atoms with Crippen molar-refractivity contribution < 1.29 is 9.90 Å². The lowest BCUT2D eigenvalue weighted by molar-refractivity contribution is -0.137. The minimum absolute atomic E-state index is 0.179. The van der Waals surface area contributed by atoms with E-state index in [1.54, 1.807) is 0 Å². The maximum Gasteiger partial charge on any atom is 0.303 e. The van der Waals surface area contributed by atoms with Gasteiger partial charge in [0, 0.05) is 25.7 Å². The summed E-state index contributed by atoms with van der Waals surface area (Å²) in [6.07, 6.45) is 1.90. The van der Waals surface area contributed by atoms with Crippen molar-refractivity contribution in [2.75, 3.05) is 18.5 Å². The summed E-state index contributed by atoms with van der Waals surface area (Å²) in [5.74, 6) is -0.711. The van der Waals surface area contributed by atoms with Gasteiger partial charge in [-0.05, 0) is 36.0 Å². The average Bonchev–Trinajstić information content (AvgIpc) is 2.33. The third-order valence-corrected chi connectivity index (χ3v) is 3.31. The first-order valence-electron chi connectivity index (χ1n) is 6.84. The Morgan fingerprint density at radius 2 is 1.74 bits per heavy atom. The predicted octanol–water partition coefficient (Wildman–Crippen LogP) is 3.68. The van der Waals surface area contributed by atoms with E-state index in [9.17, 15) is 4.79 Å². The molecular weight excluding hydrogens is 238 g/mol. The Hall–Kier alpha value is -1.51. The molecule has 1 rings (SSSR count). The average molecular weight is 263 g/mol. The number of carboxylic acid groups (broad SMARTS) is 1. The van der Waals surface area contributed by atoms with Gasteiger partial charge in [-0.1, -0.05) is 32.9 Å². The molecule has 1 N–H and O–H groups in total. The van der Waals surface area contributed by atoms with Gasteiger partial charge in [0.1, 0.15) is 0 Å². The van der Waals surface area contributed by atoms with Gasteiger partial charge >= 0.3 is 5.97 Å². The Bertz CT molecular complexity index is 404. The van der Waals surface area contributed by atoms with Crippen molar-refractivity contribution in [2.24, 2.45) is 0 Å². The number of rotatable bonds is 6. The standard InChI is InChI=1S/C16H25NO2/c1-16(2,3)13-8-10-14(11-9-13)17(4)12-6-5-7-15(18)19/h8-11H,5-7,12H2,1-4H3,(H,18,19). The van der Waals surface area contributed by atoms with Crippen molar-refractivity contribution >= 4 is 11.7 Å². The van der Waals surface area contributed by atoms with Gasteiger partial charge < -0.3 is 10.0 Å². The van der Waals surface area contributed by atoms with Crippen LogP contribution >= 0.6 is 0 Å². The highest BCUT2D eigenvalue weighted by Gasteiger charge is 2.13. The van der Waals surface area contributed by atoms with Crippen molar-refractivity contribution in [1.29, 1.82) is 0 Å². The number of carboxylic acids is 1. The fourth-order valence-corrected chi connectivity index (χ4v) is 1.97. The molecule has 1 aromatic carbocycles. The molecule has 106 valence electrons. The molecule has 0 saturated carbocycles. The lowest BCUT2D eigenvalue weighted by Crippen LogP contribution is -2.19. The molecule has 0 aromatic heterocycles. The molecule has 0 aliphatic heterocycles. The summed E-state index contributed by atoms with van der Waals surface area (Å²) in [5, 5.41) is 8.59. The second-order valence-corrected chi connectivity index (χ2v) is 6.07. The largest absolute Gasteiger partial charge is 0.481 e. The second kappa shape index (κ2) is 6.60. The summed E-state index contributed by atoms with van der Waals surface area (Å²) in [7, 11) is 2.05. The van der Waals surface area contributed by atoms with Crippen LogP contribution in [-0.2, 0) is 10.2 Å². The summed E-state index contributed by atoms with van der Waals surface area (Å²) < 4.78 is 0. The number of nitrogens with zero attached hydrogens (tertiary/aromatic N) is 1. The molecule has 3 nitrogen and oxygen atoms in total. The molecule has 0 saturated heterocycles. The minimum atomic E-state index is -0.711. The van der Waals surface area contributed by atoms with Crippen molar-refractivity contribution in [3.05, 3.63) is 29.8 Å². The van der Waals surface area contributed by atoms with E-state index in [1.807, 2.05) is 7.05 Å². The van der Waals surface area contributed by atoms with Crippen LogP contribution in [0.1, 0.15) is 45.6 Å². The number of aliphatic carboxylic acids is 1. The van der Waals surface area contributed by atoms with E-state index in [2.05, 4.69) is 49.9 Å². The van der Waals surface area contributed by atoms with Gasteiger partial charge in [0.15, 0.2) is 0 Å². The summed E-state index contributed by atoms with van der Waals surface area (Å²) in [6.45, 7) is 7.51. The van der Waals surface area contributed by atoms with E-state index in [0.717, 1.165) is 19.4 Å². The molecule has 0 amide bonds. The molecule has 0 atom stereocenters. The normalized spacial score (nSPS) is 11.4. The zero-order valence-electron chi connectivity index (χ0n) is 12.4. The summed E-state index contributed by atoms with van der Waals surface area (Å²) in [6, 6.07) is 8.61. The smallest absolute Gasteiger partial charge is 0.303 e. The van der Waals surface area contributed by atoms with Crippen molar-refractivity contribution in [3.8, 4) is 0 Å². The maximum atomic E-state index is 10.4. The van der Waals surface area contributed by atoms with Crippen LogP contribution in [-0.4, -0.2) is 24.7 Å². The number of unbranched alkanes of at least 4 members (excludes halogenated alkanes) is 1. The van der Waals surface area contributed by atoms with Crippen molar-refractivity contribution in [2.45, 2.75) is 45.4 Å². The van der Waals surface area contributed by atoms with Gasteiger partial charge in [-0.3, -0.25) is 4.79 Å². The molecule has 0 radical (unpaired) electrons. The first kappa shape index (κ1) is 15.5. The number of anilines is 1. The number of hydrogen-bond donors (Lipinski definition) is 1. The highest BCUT2D eigenvalue weighted by Crippen LogP contribution is 2.24. The Labute approximate surface area is 116 Å². The quantitative estimate of drug-likeness (QED) is 0.796. The van der Waals surface area contributed by atoms with Crippen LogP contribution in [0.5, 0.6) is 0 Å². The summed E-state index contributed by atoms with van der Waals surface area (Å²) in [4.78, 5) is 12.6. The van der Waals surface area contributed by atoms with Crippen LogP contribution in [0.15, 0.2) is 24.3 Å². The van der Waals surface area contributed by atoms with Gasteiger partial charge in [-0.2, -0.15) is 0 Å². The van der Waals surface area contributed by atoms with Crippen LogP contribution in [0.3, 0.4) is 0 Å². The topological polar surface area (TPSA) is 40.5 Å². The number of hydrogen-bond acceptors (Lipinski definition) is 2. The van der Waals surface area contributed by atoms with Gasteiger partial charge in [0.2, 0.25) is 0 Å². The van der Waals surface area contributed by atoms with Gasteiger partial charge in [0.25, 0.3) is 0 Å². The van der Waals surface area contributed by atoms with Gasteiger partial charge in [-0.25, -0.2) is 0 Å². The maximum absolute atomic E-state index is 10.4. The SMILES string of the molecule is CN(CCCCC(=O)O)c1ccc(C(C)(C)C)cc1. The monoisotopic (exact) mass is 263 g/mol. The molecular formula is C16H25NO2. The lowest BCUT2D eigenvalue weighted by Gasteiger charge is -2.22. The zero-order valence-corrected chi connectivity index (χ0v) is 12.4. The molecule has 1 aromatic rings. The molecule has 0 aliphatic carbocycles. The van der Waals surface area contributed by atoms with Crippen LogP contribution < -0.4 is 4.90 Å². The van der Waals surface area contributed by atoms with E-state index >= 15 is 0 Å². The Balaban J connectivity index is 2.49. The fourth-order valence-electron chi connectivity index (χ4n) is 1.97.